The molecule has 29 heavy (non-hydrogen) atoms. The number of aliphatic hydroxyl groups is 1. The summed E-state index contributed by atoms with van der Waals surface area (Å²) in [7, 11) is 0. The second-order valence-electron chi connectivity index (χ2n) is 9.09. The van der Waals surface area contributed by atoms with Crippen LogP contribution in [-0.2, 0) is 6.42 Å². The zero-order chi connectivity index (χ0) is 20.3. The van der Waals surface area contributed by atoms with Crippen molar-refractivity contribution in [1.82, 2.24) is 14.9 Å². The maximum absolute atomic E-state index is 10.6. The van der Waals surface area contributed by atoms with Gasteiger partial charge in [-0.25, -0.2) is 4.98 Å². The summed E-state index contributed by atoms with van der Waals surface area (Å²) in [5, 5.41) is 10.6. The molecule has 4 rings (SSSR count). The van der Waals surface area contributed by atoms with Gasteiger partial charge in [-0.1, -0.05) is 30.3 Å². The predicted molar refractivity (Wildman–Crippen MR) is 117 cm³/mol. The summed E-state index contributed by atoms with van der Waals surface area (Å²) in [5.41, 5.74) is 3.63. The lowest BCUT2D eigenvalue weighted by molar-refractivity contribution is -0.0220. The Morgan fingerprint density at radius 3 is 2.66 bits per heavy atom. The molecule has 2 aliphatic rings. The van der Waals surface area contributed by atoms with Crippen LogP contribution in [0.25, 0.3) is 0 Å². The molecule has 0 aliphatic carbocycles. The van der Waals surface area contributed by atoms with E-state index in [0.717, 1.165) is 82.0 Å². The minimum absolute atomic E-state index is 0.201. The smallest absolute Gasteiger partial charge is 0.150 e. The van der Waals surface area contributed by atoms with Gasteiger partial charge in [-0.3, -0.25) is 4.98 Å². The average molecular weight is 395 g/mol. The van der Waals surface area contributed by atoms with E-state index in [2.05, 4.69) is 45.1 Å². The number of aryl methyl sites for hydroxylation is 3. The maximum atomic E-state index is 10.6. The van der Waals surface area contributed by atoms with Crippen molar-refractivity contribution in [2.45, 2.75) is 52.1 Å². The number of hydrogen-bond donors (Lipinski definition) is 1. The molecule has 2 fully saturated rings. The van der Waals surface area contributed by atoms with E-state index in [4.69, 9.17) is 4.98 Å². The first-order valence-electron chi connectivity index (χ1n) is 11.0. The van der Waals surface area contributed by atoms with Crippen LogP contribution in [-0.4, -0.2) is 58.8 Å². The highest BCUT2D eigenvalue weighted by molar-refractivity contribution is 5.43. The van der Waals surface area contributed by atoms with Gasteiger partial charge >= 0.3 is 0 Å². The Bertz CT molecular complexity index is 802. The largest absolute Gasteiger partial charge is 0.392 e. The van der Waals surface area contributed by atoms with E-state index in [1.165, 1.54) is 5.56 Å². The molecule has 2 aromatic rings. The van der Waals surface area contributed by atoms with E-state index in [-0.39, 0.29) is 11.5 Å². The molecule has 3 heterocycles. The van der Waals surface area contributed by atoms with Gasteiger partial charge in [0.05, 0.1) is 17.5 Å². The van der Waals surface area contributed by atoms with Gasteiger partial charge in [-0.15, -0.1) is 0 Å². The third kappa shape index (κ3) is 4.96. The Morgan fingerprint density at radius 2 is 1.90 bits per heavy atom. The number of anilines is 1. The molecule has 1 N–H and O–H groups in total. The minimum Gasteiger partial charge on any atom is -0.392 e. The van der Waals surface area contributed by atoms with Gasteiger partial charge in [0, 0.05) is 32.4 Å². The fraction of sp³-hybridized carbons (Fsp3) is 0.583. The minimum atomic E-state index is -0.201. The summed E-state index contributed by atoms with van der Waals surface area (Å²) >= 11 is 0. The number of benzene rings is 1. The van der Waals surface area contributed by atoms with Gasteiger partial charge in [0.1, 0.15) is 5.82 Å². The summed E-state index contributed by atoms with van der Waals surface area (Å²) in [6.45, 7) is 9.07. The van der Waals surface area contributed by atoms with Gasteiger partial charge in [0.15, 0.2) is 0 Å². The molecule has 5 nitrogen and oxygen atoms in total. The van der Waals surface area contributed by atoms with E-state index in [1.807, 2.05) is 20.0 Å². The van der Waals surface area contributed by atoms with Crippen LogP contribution in [0, 0.1) is 19.3 Å². The fourth-order valence-electron chi connectivity index (χ4n) is 5.17. The Balaban J connectivity index is 1.34. The highest BCUT2D eigenvalue weighted by Crippen LogP contribution is 2.41. The van der Waals surface area contributed by atoms with Crippen molar-refractivity contribution >= 4 is 5.82 Å². The van der Waals surface area contributed by atoms with Crippen molar-refractivity contribution in [3.8, 4) is 0 Å². The summed E-state index contributed by atoms with van der Waals surface area (Å²) in [5.74, 6) is 1.04. The lowest BCUT2D eigenvalue weighted by Gasteiger charge is -2.49. The monoisotopic (exact) mass is 394 g/mol. The number of piperidine rings is 2. The molecule has 0 saturated carbocycles. The molecule has 0 amide bonds. The molecule has 1 aromatic carbocycles. The van der Waals surface area contributed by atoms with Crippen LogP contribution in [0.3, 0.4) is 0 Å². The molecule has 1 spiro atoms. The van der Waals surface area contributed by atoms with Crippen LogP contribution in [0.5, 0.6) is 0 Å². The van der Waals surface area contributed by atoms with E-state index in [9.17, 15) is 5.11 Å². The topological polar surface area (TPSA) is 52.5 Å². The van der Waals surface area contributed by atoms with Gasteiger partial charge in [-0.2, -0.15) is 0 Å². The molecular formula is C24H34N4O. The number of hydrogen-bond acceptors (Lipinski definition) is 5. The number of nitrogens with zero attached hydrogens (tertiary/aromatic N) is 4. The molecule has 0 bridgehead atoms. The van der Waals surface area contributed by atoms with Crippen LogP contribution >= 0.6 is 0 Å². The van der Waals surface area contributed by atoms with Crippen molar-refractivity contribution in [1.29, 1.82) is 0 Å². The van der Waals surface area contributed by atoms with Gasteiger partial charge < -0.3 is 14.9 Å². The summed E-state index contributed by atoms with van der Waals surface area (Å²) < 4.78 is 0. The number of likely N-dealkylation sites (tertiary alicyclic amines) is 1. The quantitative estimate of drug-likeness (QED) is 0.843. The summed E-state index contributed by atoms with van der Waals surface area (Å²) in [6.07, 6.45) is 7.08. The summed E-state index contributed by atoms with van der Waals surface area (Å²) in [4.78, 5) is 14.1. The van der Waals surface area contributed by atoms with Crippen LogP contribution in [0.4, 0.5) is 5.82 Å². The summed E-state index contributed by atoms with van der Waals surface area (Å²) in [6, 6.07) is 10.7. The standard InChI is InChI=1S/C24H34N4O/c1-19-16-25-20(2)23(26-19)28-13-10-24(11-14-28)15-22(29)17-27(18-24)12-6-9-21-7-4-3-5-8-21/h3-5,7-8,16,22,29H,6,9-15,17-18H2,1-2H3. The van der Waals surface area contributed by atoms with Crippen molar-refractivity contribution in [2.75, 3.05) is 37.6 Å². The van der Waals surface area contributed by atoms with Gasteiger partial charge in [-0.05, 0) is 63.5 Å². The second kappa shape index (κ2) is 8.80. The normalized spacial score (nSPS) is 22.2. The number of aromatic nitrogens is 2. The zero-order valence-corrected chi connectivity index (χ0v) is 17.8. The van der Waals surface area contributed by atoms with Crippen LogP contribution in [0.1, 0.15) is 42.6 Å². The molecule has 2 aliphatic heterocycles. The van der Waals surface area contributed by atoms with E-state index >= 15 is 0 Å². The van der Waals surface area contributed by atoms with Crippen molar-refractivity contribution in [3.63, 3.8) is 0 Å². The first-order chi connectivity index (χ1) is 14.0. The SMILES string of the molecule is Cc1cnc(C)c(N2CCC3(CC2)CC(O)CN(CCCc2ccccc2)C3)n1. The van der Waals surface area contributed by atoms with E-state index in [0.29, 0.717) is 0 Å². The Hall–Kier alpha value is -1.98. The van der Waals surface area contributed by atoms with E-state index < -0.39 is 0 Å². The molecular weight excluding hydrogens is 360 g/mol. The highest BCUT2D eigenvalue weighted by Gasteiger charge is 2.41. The van der Waals surface area contributed by atoms with Crippen LogP contribution < -0.4 is 4.90 Å². The number of aliphatic hydroxyl groups excluding tert-OH is 1. The zero-order valence-electron chi connectivity index (χ0n) is 17.8. The van der Waals surface area contributed by atoms with Crippen molar-refractivity contribution in [2.24, 2.45) is 5.41 Å². The Labute approximate surface area is 174 Å². The van der Waals surface area contributed by atoms with Crippen LogP contribution in [0.15, 0.2) is 36.5 Å². The lowest BCUT2D eigenvalue weighted by Crippen LogP contribution is -2.54. The van der Waals surface area contributed by atoms with Crippen molar-refractivity contribution in [3.05, 3.63) is 53.5 Å². The Kier molecular flexibility index (Phi) is 6.16. The Morgan fingerprint density at radius 1 is 1.14 bits per heavy atom. The molecule has 0 radical (unpaired) electrons. The predicted octanol–water partition coefficient (Wildman–Crippen LogP) is 3.38. The molecule has 1 atom stereocenters. The average Bonchev–Trinajstić information content (AvgIpc) is 2.71. The van der Waals surface area contributed by atoms with Crippen LogP contribution in [0.2, 0.25) is 0 Å². The number of rotatable bonds is 5. The number of β-amino-alcohol motifs (C(OH)–C–C–N with tert-alkyl or cyclic N) is 1. The third-order valence-electron chi connectivity index (χ3n) is 6.65. The first kappa shape index (κ1) is 20.3. The van der Waals surface area contributed by atoms with Gasteiger partial charge in [0.2, 0.25) is 0 Å². The second-order valence-corrected chi connectivity index (χ2v) is 9.09. The molecule has 1 aromatic heterocycles. The lowest BCUT2D eigenvalue weighted by atomic mass is 9.71. The molecule has 1 unspecified atom stereocenters. The molecule has 156 valence electrons. The first-order valence-corrected chi connectivity index (χ1v) is 11.0. The molecule has 5 heteroatoms. The van der Waals surface area contributed by atoms with E-state index in [1.54, 1.807) is 0 Å². The third-order valence-corrected chi connectivity index (χ3v) is 6.65. The molecule has 2 saturated heterocycles. The fourth-order valence-corrected chi connectivity index (χ4v) is 5.17. The van der Waals surface area contributed by atoms with Gasteiger partial charge in [0.25, 0.3) is 0 Å². The maximum Gasteiger partial charge on any atom is 0.150 e. The van der Waals surface area contributed by atoms with Crippen molar-refractivity contribution < 1.29 is 5.11 Å². The highest BCUT2D eigenvalue weighted by atomic mass is 16.3.